The zero-order valence-corrected chi connectivity index (χ0v) is 20.5. The molecule has 0 unspecified atom stereocenters. The van der Waals surface area contributed by atoms with Crippen molar-refractivity contribution in [2.24, 2.45) is 0 Å². The maximum Gasteiger partial charge on any atom is 0.169 e. The van der Waals surface area contributed by atoms with Crippen LogP contribution in [0.2, 0.25) is 0 Å². The van der Waals surface area contributed by atoms with Crippen LogP contribution in [0.1, 0.15) is 33.4 Å². The van der Waals surface area contributed by atoms with E-state index in [1.165, 1.54) is 16.7 Å². The fourth-order valence-electron chi connectivity index (χ4n) is 4.68. The Morgan fingerprint density at radius 2 is 1.14 bits per heavy atom. The van der Waals surface area contributed by atoms with Gasteiger partial charge in [0.05, 0.1) is 0 Å². The molecule has 2 heteroatoms. The van der Waals surface area contributed by atoms with Gasteiger partial charge in [-0.25, -0.2) is 0 Å². The average molecular weight is 479 g/mol. The Morgan fingerprint density at radius 1 is 0.541 bits per heavy atom. The minimum absolute atomic E-state index is 0.474. The predicted octanol–water partition coefficient (Wildman–Crippen LogP) is 7.82. The summed E-state index contributed by atoms with van der Waals surface area (Å²) in [5, 5.41) is 0. The van der Waals surface area contributed by atoms with E-state index in [0.29, 0.717) is 13.2 Å². The molecule has 0 amide bonds. The van der Waals surface area contributed by atoms with Crippen LogP contribution in [0.25, 0.3) is 11.1 Å². The van der Waals surface area contributed by atoms with E-state index in [4.69, 9.17) is 9.47 Å². The van der Waals surface area contributed by atoms with Crippen LogP contribution in [-0.4, -0.2) is 0 Å². The third-order valence-corrected chi connectivity index (χ3v) is 6.56. The molecule has 0 fully saturated rings. The molecule has 0 atom stereocenters. The highest BCUT2D eigenvalue weighted by molar-refractivity contribution is 5.84. The lowest BCUT2D eigenvalue weighted by atomic mass is 10.0. The first kappa shape index (κ1) is 22.7. The van der Waals surface area contributed by atoms with E-state index in [2.05, 4.69) is 60.4 Å². The Morgan fingerprint density at radius 3 is 1.84 bits per heavy atom. The van der Waals surface area contributed by atoms with E-state index >= 15 is 0 Å². The number of hydrogen-bond acceptors (Lipinski definition) is 2. The lowest BCUT2D eigenvalue weighted by Crippen LogP contribution is -2.02. The molecule has 6 rings (SSSR count). The maximum absolute atomic E-state index is 6.52. The van der Waals surface area contributed by atoms with Gasteiger partial charge in [0.2, 0.25) is 0 Å². The van der Waals surface area contributed by atoms with E-state index in [9.17, 15) is 0 Å². The molecule has 0 radical (unpaired) electrons. The van der Waals surface area contributed by atoms with Crippen LogP contribution in [-0.2, 0) is 19.6 Å². The molecule has 5 aromatic rings. The van der Waals surface area contributed by atoms with E-state index in [1.807, 2.05) is 72.8 Å². The highest BCUT2D eigenvalue weighted by Crippen LogP contribution is 2.48. The van der Waals surface area contributed by atoms with Gasteiger partial charge in [0, 0.05) is 16.7 Å². The Kier molecular flexibility index (Phi) is 6.43. The topological polar surface area (TPSA) is 18.5 Å². The van der Waals surface area contributed by atoms with Crippen LogP contribution >= 0.6 is 0 Å². The van der Waals surface area contributed by atoms with Crippen LogP contribution in [0.3, 0.4) is 0 Å². The van der Waals surface area contributed by atoms with Gasteiger partial charge in [-0.05, 0) is 64.6 Å². The maximum atomic E-state index is 6.52. The van der Waals surface area contributed by atoms with Gasteiger partial charge in [0.25, 0.3) is 0 Å². The van der Waals surface area contributed by atoms with Crippen molar-refractivity contribution in [3.63, 3.8) is 0 Å². The van der Waals surface area contributed by atoms with E-state index < -0.39 is 0 Å². The SMILES string of the molecule is C(#Cc1ccc2c(c1)-c1c(ccc(OCc3ccccc3)c1OCc1ccccc1)C2)c1ccccc1. The molecule has 0 spiro atoms. The van der Waals surface area contributed by atoms with Gasteiger partial charge in [-0.2, -0.15) is 0 Å². The summed E-state index contributed by atoms with van der Waals surface area (Å²) in [6.45, 7) is 0.957. The second-order valence-corrected chi connectivity index (χ2v) is 9.14. The zero-order valence-electron chi connectivity index (χ0n) is 20.5. The first-order chi connectivity index (χ1) is 18.3. The number of ether oxygens (including phenoxy) is 2. The summed E-state index contributed by atoms with van der Waals surface area (Å²) in [7, 11) is 0. The predicted molar refractivity (Wildman–Crippen MR) is 149 cm³/mol. The molecular weight excluding hydrogens is 452 g/mol. The zero-order chi connectivity index (χ0) is 24.9. The molecule has 0 saturated heterocycles. The van der Waals surface area contributed by atoms with E-state index in [1.54, 1.807) is 0 Å². The van der Waals surface area contributed by atoms with Crippen molar-refractivity contribution in [3.05, 3.63) is 155 Å². The number of rotatable bonds is 6. The average Bonchev–Trinajstić information content (AvgIpc) is 3.34. The van der Waals surface area contributed by atoms with Crippen LogP contribution in [0, 0.1) is 11.8 Å². The van der Waals surface area contributed by atoms with Crippen LogP contribution in [0.4, 0.5) is 0 Å². The molecule has 1 aliphatic rings. The van der Waals surface area contributed by atoms with Crippen molar-refractivity contribution in [2.45, 2.75) is 19.6 Å². The van der Waals surface area contributed by atoms with Gasteiger partial charge in [-0.1, -0.05) is 103 Å². The molecule has 0 aliphatic heterocycles. The summed E-state index contributed by atoms with van der Waals surface area (Å²) in [4.78, 5) is 0. The quantitative estimate of drug-likeness (QED) is 0.227. The van der Waals surface area contributed by atoms with Gasteiger partial charge in [0.15, 0.2) is 11.5 Å². The molecule has 5 aromatic carbocycles. The second kappa shape index (κ2) is 10.5. The van der Waals surface area contributed by atoms with Crippen molar-refractivity contribution >= 4 is 0 Å². The largest absolute Gasteiger partial charge is 0.485 e. The normalized spacial score (nSPS) is 11.1. The monoisotopic (exact) mass is 478 g/mol. The lowest BCUT2D eigenvalue weighted by Gasteiger charge is -2.17. The summed E-state index contributed by atoms with van der Waals surface area (Å²) >= 11 is 0. The van der Waals surface area contributed by atoms with Crippen molar-refractivity contribution in [1.82, 2.24) is 0 Å². The molecule has 1 aliphatic carbocycles. The number of fused-ring (bicyclic) bond motifs is 3. The molecule has 37 heavy (non-hydrogen) atoms. The summed E-state index contributed by atoms with van der Waals surface area (Å²) in [6, 6.07) is 41.3. The summed E-state index contributed by atoms with van der Waals surface area (Å²) in [5.41, 5.74) is 9.05. The van der Waals surface area contributed by atoms with Gasteiger partial charge < -0.3 is 9.47 Å². The standard InChI is InChI=1S/C35H26O2/c1-4-10-26(11-5-1)16-17-27-18-19-30-23-31-20-21-33(36-24-28-12-6-2-7-13-28)35(34(31)32(30)22-27)37-25-29-14-8-3-9-15-29/h1-15,18-22H,23-25H2. The Hall–Kier alpha value is -4.74. The number of hydrogen-bond donors (Lipinski definition) is 0. The Labute approximate surface area is 218 Å². The van der Waals surface area contributed by atoms with Gasteiger partial charge in [0.1, 0.15) is 13.2 Å². The summed E-state index contributed by atoms with van der Waals surface area (Å²) < 4.78 is 12.9. The summed E-state index contributed by atoms with van der Waals surface area (Å²) in [6.07, 6.45) is 0.873. The van der Waals surface area contributed by atoms with Crippen LogP contribution in [0.5, 0.6) is 11.5 Å². The third kappa shape index (κ3) is 5.13. The first-order valence-corrected chi connectivity index (χ1v) is 12.5. The minimum Gasteiger partial charge on any atom is -0.485 e. The van der Waals surface area contributed by atoms with Crippen LogP contribution < -0.4 is 9.47 Å². The fourth-order valence-corrected chi connectivity index (χ4v) is 4.68. The van der Waals surface area contributed by atoms with E-state index in [-0.39, 0.29) is 0 Å². The smallest absolute Gasteiger partial charge is 0.169 e. The third-order valence-electron chi connectivity index (χ3n) is 6.56. The van der Waals surface area contributed by atoms with Crippen molar-refractivity contribution in [1.29, 1.82) is 0 Å². The van der Waals surface area contributed by atoms with Gasteiger partial charge in [-0.15, -0.1) is 0 Å². The van der Waals surface area contributed by atoms with Crippen molar-refractivity contribution in [3.8, 4) is 34.5 Å². The summed E-state index contributed by atoms with van der Waals surface area (Å²) in [5.74, 6) is 8.17. The molecule has 2 nitrogen and oxygen atoms in total. The Bertz CT molecular complexity index is 1580. The van der Waals surface area contributed by atoms with Crippen molar-refractivity contribution in [2.75, 3.05) is 0 Å². The minimum atomic E-state index is 0.474. The molecule has 0 aromatic heterocycles. The van der Waals surface area contributed by atoms with Crippen LogP contribution in [0.15, 0.2) is 121 Å². The van der Waals surface area contributed by atoms with Gasteiger partial charge >= 0.3 is 0 Å². The van der Waals surface area contributed by atoms with E-state index in [0.717, 1.165) is 45.7 Å². The second-order valence-electron chi connectivity index (χ2n) is 9.14. The first-order valence-electron chi connectivity index (χ1n) is 12.5. The van der Waals surface area contributed by atoms with Crippen molar-refractivity contribution < 1.29 is 9.47 Å². The lowest BCUT2D eigenvalue weighted by molar-refractivity contribution is 0.257. The van der Waals surface area contributed by atoms with Gasteiger partial charge in [-0.3, -0.25) is 0 Å². The highest BCUT2D eigenvalue weighted by Gasteiger charge is 2.26. The number of benzene rings is 5. The molecule has 0 N–H and O–H groups in total. The molecular formula is C35H26O2. The molecule has 0 saturated carbocycles. The molecule has 0 bridgehead atoms. The highest BCUT2D eigenvalue weighted by atomic mass is 16.5. The molecule has 178 valence electrons. The fraction of sp³-hybridized carbons (Fsp3) is 0.0857. The molecule has 0 heterocycles. The Balaban J connectivity index is 1.37.